The smallest absolute Gasteiger partial charge is 0.392 e. The van der Waals surface area contributed by atoms with Gasteiger partial charge in [-0.2, -0.15) is 0 Å². The molecule has 7 heteroatoms. The van der Waals surface area contributed by atoms with E-state index in [9.17, 15) is 9.90 Å². The Morgan fingerprint density at radius 1 is 1.74 bits per heavy atom. The highest BCUT2D eigenvalue weighted by molar-refractivity contribution is 5.92. The molecule has 1 aromatic rings. The van der Waals surface area contributed by atoms with Crippen LogP contribution in [0.25, 0.3) is 10.7 Å². The van der Waals surface area contributed by atoms with Gasteiger partial charge in [0.05, 0.1) is 12.3 Å². The molecule has 1 heterocycles. The van der Waals surface area contributed by atoms with E-state index < -0.39 is 11.7 Å². The van der Waals surface area contributed by atoms with Gasteiger partial charge in [-0.1, -0.05) is 5.16 Å². The first-order valence-electron chi connectivity index (χ1n) is 5.42. The molecule has 0 saturated heterocycles. The fourth-order valence-electron chi connectivity index (χ4n) is 1.33. The number of aliphatic hydroxyl groups is 1. The van der Waals surface area contributed by atoms with Crippen molar-refractivity contribution in [2.24, 2.45) is 0 Å². The van der Waals surface area contributed by atoms with Gasteiger partial charge in [-0.25, -0.2) is 4.79 Å². The maximum atomic E-state index is 11.7. The molecule has 0 bridgehead atoms. The van der Waals surface area contributed by atoms with Crippen molar-refractivity contribution in [3.8, 4) is 12.3 Å². The number of aromatic nitrogens is 1. The molecule has 0 aliphatic carbocycles. The molecule has 0 spiro atoms. The van der Waals surface area contributed by atoms with E-state index in [1.165, 1.54) is 6.92 Å². The third-order valence-electron chi connectivity index (χ3n) is 2.18. The van der Waals surface area contributed by atoms with Crippen molar-refractivity contribution in [1.29, 1.82) is 5.39 Å². The summed E-state index contributed by atoms with van der Waals surface area (Å²) >= 11 is 0. The van der Waals surface area contributed by atoms with E-state index in [0.29, 0.717) is 12.8 Å². The molecule has 0 aliphatic rings. The second kappa shape index (κ2) is 6.82. The molecule has 0 fully saturated rings. The van der Waals surface area contributed by atoms with Crippen molar-refractivity contribution in [2.75, 3.05) is 6.61 Å². The summed E-state index contributed by atoms with van der Waals surface area (Å²) in [5.74, 6) is 0.941. The quantitative estimate of drug-likeness (QED) is 0.287. The lowest BCUT2D eigenvalue weighted by atomic mass is 10.1. The molecule has 0 aliphatic heterocycles. The Kier molecular flexibility index (Phi) is 5.12. The predicted molar refractivity (Wildman–Crippen MR) is 65.3 cm³/mol. The second-order valence-corrected chi connectivity index (χ2v) is 3.55. The molecule has 98 valence electrons. The Bertz CT molecular complexity index is 575. The highest BCUT2D eigenvalue weighted by atomic mass is 16.6. The molecule has 0 atom stereocenters. The van der Waals surface area contributed by atoms with Crippen molar-refractivity contribution in [2.45, 2.75) is 19.8 Å². The highest BCUT2D eigenvalue weighted by Gasteiger charge is 2.26. The van der Waals surface area contributed by atoms with Gasteiger partial charge in [0, 0.05) is 6.42 Å². The molecule has 0 unspecified atom stereocenters. The van der Waals surface area contributed by atoms with E-state index in [1.54, 1.807) is 0 Å². The van der Waals surface area contributed by atoms with Gasteiger partial charge < -0.3 is 14.4 Å². The molecule has 7 nitrogen and oxygen atoms in total. The molecule has 1 aromatic heterocycles. The Balaban J connectivity index is 2.85. The average molecular weight is 262 g/mol. The summed E-state index contributed by atoms with van der Waals surface area (Å²) in [6, 6.07) is 0. The molecule has 1 rings (SSSR count). The first-order valence-corrected chi connectivity index (χ1v) is 5.42. The van der Waals surface area contributed by atoms with E-state index in [1.807, 2.05) is 0 Å². The fraction of sp³-hybridized carbons (Fsp3) is 0.333. The lowest BCUT2D eigenvalue weighted by Crippen LogP contribution is -2.08. The van der Waals surface area contributed by atoms with Gasteiger partial charge in [0.25, 0.3) is 5.76 Å². The number of terminal acetylenes is 1. The van der Waals surface area contributed by atoms with Crippen molar-refractivity contribution in [1.82, 2.24) is 5.16 Å². The zero-order valence-corrected chi connectivity index (χ0v) is 10.3. The average Bonchev–Trinajstić information content (AvgIpc) is 2.77. The zero-order chi connectivity index (χ0) is 14.3. The van der Waals surface area contributed by atoms with Crippen LogP contribution in [0, 0.1) is 24.7 Å². The molecule has 0 aromatic carbocycles. The summed E-state index contributed by atoms with van der Waals surface area (Å²) in [5, 5.41) is 21.5. The molecule has 0 saturated carbocycles. The number of nitrogens with zero attached hydrogens (tertiary/aromatic N) is 3. The van der Waals surface area contributed by atoms with Gasteiger partial charge in [-0.15, -0.1) is 12.3 Å². The number of esters is 1. The van der Waals surface area contributed by atoms with Crippen LogP contribution in [0.5, 0.6) is 0 Å². The number of ether oxygens (including phenoxy) is 1. The van der Waals surface area contributed by atoms with Gasteiger partial charge in [0.2, 0.25) is 11.2 Å². The predicted octanol–water partition coefficient (Wildman–Crippen LogP) is 2.26. The number of diazo groups is 1. The summed E-state index contributed by atoms with van der Waals surface area (Å²) in [6.45, 7) is 1.66. The third kappa shape index (κ3) is 3.58. The Morgan fingerprint density at radius 2 is 2.47 bits per heavy atom. The number of unbranched alkanes of at least 4 members (excludes halogenated alkanes) is 1. The van der Waals surface area contributed by atoms with Gasteiger partial charge in [0.1, 0.15) is 5.56 Å². The van der Waals surface area contributed by atoms with E-state index in [2.05, 4.69) is 16.1 Å². The monoisotopic (exact) mass is 262 g/mol. The summed E-state index contributed by atoms with van der Waals surface area (Å²) in [4.78, 5) is 14.4. The van der Waals surface area contributed by atoms with Gasteiger partial charge in [-0.05, 0) is 13.3 Å². The molecule has 19 heavy (non-hydrogen) atoms. The minimum Gasteiger partial charge on any atom is -0.501 e. The summed E-state index contributed by atoms with van der Waals surface area (Å²) < 4.78 is 9.71. The first-order chi connectivity index (χ1) is 9.11. The van der Waals surface area contributed by atoms with Crippen molar-refractivity contribution in [3.63, 3.8) is 0 Å². The number of hydrogen-bond donors (Lipinski definition) is 1. The van der Waals surface area contributed by atoms with Crippen LogP contribution in [-0.4, -0.2) is 22.8 Å². The SMILES string of the molecule is C#CCCCOC(=O)c1onc(C)c1/C(O)=C/[N+]#N. The number of aryl methyl sites for hydroxylation is 1. The van der Waals surface area contributed by atoms with E-state index in [-0.39, 0.29) is 23.6 Å². The van der Waals surface area contributed by atoms with Gasteiger partial charge >= 0.3 is 12.2 Å². The number of carbonyl (C=O) groups is 1. The zero-order valence-electron chi connectivity index (χ0n) is 10.3. The van der Waals surface area contributed by atoms with Crippen LogP contribution in [0.3, 0.4) is 0 Å². The molecule has 1 N–H and O–H groups in total. The largest absolute Gasteiger partial charge is 0.501 e. The number of carbonyl (C=O) groups excluding carboxylic acids is 1. The number of hydrogen-bond acceptors (Lipinski definition) is 6. The minimum atomic E-state index is -0.773. The second-order valence-electron chi connectivity index (χ2n) is 3.55. The minimum absolute atomic E-state index is 0.0275. The lowest BCUT2D eigenvalue weighted by molar-refractivity contribution is 0.0454. The van der Waals surface area contributed by atoms with Crippen molar-refractivity contribution >= 4 is 11.7 Å². The maximum Gasteiger partial charge on any atom is 0.392 e. The van der Waals surface area contributed by atoms with Crippen LogP contribution in [0.15, 0.2) is 10.7 Å². The topological polar surface area (TPSA) is 101 Å². The van der Waals surface area contributed by atoms with Crippen molar-refractivity contribution < 1.29 is 19.2 Å². The van der Waals surface area contributed by atoms with Crippen LogP contribution < -0.4 is 0 Å². The lowest BCUT2D eigenvalue weighted by Gasteiger charge is -2.01. The van der Waals surface area contributed by atoms with Gasteiger partial charge in [0.15, 0.2) is 4.98 Å². The molecule has 0 amide bonds. The van der Waals surface area contributed by atoms with Gasteiger partial charge in [-0.3, -0.25) is 0 Å². The molecular weight excluding hydrogens is 250 g/mol. The third-order valence-corrected chi connectivity index (χ3v) is 2.18. The highest BCUT2D eigenvalue weighted by Crippen LogP contribution is 2.22. The Hall–Kier alpha value is -2.80. The first kappa shape index (κ1) is 14.3. The fourth-order valence-corrected chi connectivity index (χ4v) is 1.33. The standard InChI is InChI=1S/C12H11N3O4/c1-3-4-5-6-18-12(17)11-10(8(2)15-19-11)9(16)7-14-13/h1,7H,4-6H2,2H3/p+1/b9-7-. The summed E-state index contributed by atoms with van der Waals surface area (Å²) in [6.07, 6.45) is 6.84. The number of aliphatic hydroxyl groups excluding tert-OH is 1. The van der Waals surface area contributed by atoms with Crippen LogP contribution in [0.2, 0.25) is 0 Å². The van der Waals surface area contributed by atoms with E-state index >= 15 is 0 Å². The number of rotatable bonds is 5. The van der Waals surface area contributed by atoms with Crippen molar-refractivity contribution in [3.05, 3.63) is 28.2 Å². The van der Waals surface area contributed by atoms with Crippen LogP contribution in [0.4, 0.5) is 0 Å². The Labute approximate surface area is 109 Å². The summed E-state index contributed by atoms with van der Waals surface area (Å²) in [7, 11) is 0. The van der Waals surface area contributed by atoms with E-state index in [4.69, 9.17) is 21.1 Å². The molecular formula is C12H12N3O4+. The molecule has 0 radical (unpaired) electrons. The summed E-state index contributed by atoms with van der Waals surface area (Å²) in [5.41, 5.74) is 0.299. The van der Waals surface area contributed by atoms with E-state index in [0.717, 1.165) is 6.20 Å². The Morgan fingerprint density at radius 3 is 3.11 bits per heavy atom. The van der Waals surface area contributed by atoms with Crippen LogP contribution in [0.1, 0.15) is 34.7 Å². The van der Waals surface area contributed by atoms with Crippen LogP contribution >= 0.6 is 0 Å². The maximum absolute atomic E-state index is 11.7. The van der Waals surface area contributed by atoms with Crippen LogP contribution in [-0.2, 0) is 4.74 Å². The normalized spacial score (nSPS) is 10.6.